The molecule has 0 spiro atoms. The fourth-order valence-electron chi connectivity index (χ4n) is 3.08. The Balaban J connectivity index is 2.14. The second-order valence-electron chi connectivity index (χ2n) is 5.48. The smallest absolute Gasteiger partial charge is 0.242 e. The summed E-state index contributed by atoms with van der Waals surface area (Å²) in [6, 6.07) is -0.256. The molecule has 2 amide bonds. The van der Waals surface area contributed by atoms with Gasteiger partial charge in [0.1, 0.15) is 6.04 Å². The molecule has 4 nitrogen and oxygen atoms in total. The SMILES string of the molecule is CCC1C(=O)NCCN1C(=O)C1(C)CCCC1. The first kappa shape index (κ1) is 12.4. The lowest BCUT2D eigenvalue weighted by atomic mass is 9.86. The van der Waals surface area contributed by atoms with Crippen LogP contribution in [-0.4, -0.2) is 35.8 Å². The average molecular weight is 238 g/mol. The van der Waals surface area contributed by atoms with Crippen LogP contribution in [0.4, 0.5) is 0 Å². The van der Waals surface area contributed by atoms with Gasteiger partial charge in [-0.3, -0.25) is 9.59 Å². The van der Waals surface area contributed by atoms with Crippen molar-refractivity contribution in [1.82, 2.24) is 10.2 Å². The van der Waals surface area contributed by atoms with Crippen molar-refractivity contribution in [3.8, 4) is 0 Å². The van der Waals surface area contributed by atoms with Crippen LogP contribution in [0.15, 0.2) is 0 Å². The van der Waals surface area contributed by atoms with Crippen molar-refractivity contribution in [3.63, 3.8) is 0 Å². The van der Waals surface area contributed by atoms with Gasteiger partial charge in [0.25, 0.3) is 0 Å². The lowest BCUT2D eigenvalue weighted by Crippen LogP contribution is -2.59. The van der Waals surface area contributed by atoms with E-state index in [2.05, 4.69) is 12.2 Å². The van der Waals surface area contributed by atoms with Crippen LogP contribution < -0.4 is 5.32 Å². The molecule has 1 unspecified atom stereocenters. The molecule has 0 aromatic carbocycles. The molecule has 2 fully saturated rings. The Kier molecular flexibility index (Phi) is 3.40. The van der Waals surface area contributed by atoms with Gasteiger partial charge in [-0.05, 0) is 19.3 Å². The highest BCUT2D eigenvalue weighted by molar-refractivity contribution is 5.91. The van der Waals surface area contributed by atoms with Crippen molar-refractivity contribution in [2.75, 3.05) is 13.1 Å². The zero-order valence-corrected chi connectivity index (χ0v) is 10.8. The van der Waals surface area contributed by atoms with Crippen LogP contribution in [0.25, 0.3) is 0 Å². The predicted molar refractivity (Wildman–Crippen MR) is 65.4 cm³/mol. The van der Waals surface area contributed by atoms with Crippen LogP contribution in [0.5, 0.6) is 0 Å². The van der Waals surface area contributed by atoms with Crippen LogP contribution in [0.3, 0.4) is 0 Å². The van der Waals surface area contributed by atoms with Crippen LogP contribution >= 0.6 is 0 Å². The van der Waals surface area contributed by atoms with Crippen LogP contribution in [-0.2, 0) is 9.59 Å². The molecule has 1 heterocycles. The van der Waals surface area contributed by atoms with Gasteiger partial charge in [-0.25, -0.2) is 0 Å². The van der Waals surface area contributed by atoms with Crippen molar-refractivity contribution in [2.24, 2.45) is 5.41 Å². The third kappa shape index (κ3) is 2.17. The van der Waals surface area contributed by atoms with Gasteiger partial charge >= 0.3 is 0 Å². The van der Waals surface area contributed by atoms with E-state index in [-0.39, 0.29) is 23.3 Å². The summed E-state index contributed by atoms with van der Waals surface area (Å²) >= 11 is 0. The van der Waals surface area contributed by atoms with Crippen LogP contribution in [0.1, 0.15) is 46.0 Å². The summed E-state index contributed by atoms with van der Waals surface area (Å²) in [6.07, 6.45) is 4.92. The Morgan fingerprint density at radius 2 is 2.12 bits per heavy atom. The first-order chi connectivity index (χ1) is 8.08. The van der Waals surface area contributed by atoms with Gasteiger partial charge in [-0.1, -0.05) is 26.7 Å². The number of nitrogens with zero attached hydrogens (tertiary/aromatic N) is 1. The average Bonchev–Trinajstić information content (AvgIpc) is 2.76. The molecule has 1 atom stereocenters. The van der Waals surface area contributed by atoms with Gasteiger partial charge in [-0.2, -0.15) is 0 Å². The Morgan fingerprint density at radius 3 is 2.71 bits per heavy atom. The molecule has 1 aliphatic carbocycles. The largest absolute Gasteiger partial charge is 0.353 e. The van der Waals surface area contributed by atoms with E-state index in [1.54, 1.807) is 0 Å². The number of carbonyl (C=O) groups is 2. The minimum atomic E-state index is -0.256. The van der Waals surface area contributed by atoms with Gasteiger partial charge in [0.05, 0.1) is 0 Å². The fraction of sp³-hybridized carbons (Fsp3) is 0.846. The topological polar surface area (TPSA) is 49.4 Å². The number of amides is 2. The van der Waals surface area contributed by atoms with Gasteiger partial charge in [-0.15, -0.1) is 0 Å². The summed E-state index contributed by atoms with van der Waals surface area (Å²) in [5, 5.41) is 2.84. The Labute approximate surface area is 103 Å². The molecule has 2 rings (SSSR count). The highest BCUT2D eigenvalue weighted by atomic mass is 16.2. The molecule has 1 saturated heterocycles. The first-order valence-electron chi connectivity index (χ1n) is 6.67. The molecule has 17 heavy (non-hydrogen) atoms. The Morgan fingerprint density at radius 1 is 1.47 bits per heavy atom. The second kappa shape index (κ2) is 4.67. The minimum absolute atomic E-state index is 0.00805. The van der Waals surface area contributed by atoms with Gasteiger partial charge in [0.15, 0.2) is 0 Å². The summed E-state index contributed by atoms with van der Waals surface area (Å²) < 4.78 is 0. The van der Waals surface area contributed by atoms with Gasteiger partial charge in [0.2, 0.25) is 11.8 Å². The van der Waals surface area contributed by atoms with Crippen molar-refractivity contribution >= 4 is 11.8 Å². The zero-order valence-electron chi connectivity index (χ0n) is 10.8. The van der Waals surface area contributed by atoms with E-state index in [0.29, 0.717) is 19.5 Å². The molecule has 4 heteroatoms. The summed E-state index contributed by atoms with van der Waals surface area (Å²) in [4.78, 5) is 26.1. The maximum atomic E-state index is 12.6. The number of rotatable bonds is 2. The monoisotopic (exact) mass is 238 g/mol. The number of piperazine rings is 1. The number of hydrogen-bond donors (Lipinski definition) is 1. The molecular formula is C13H22N2O2. The number of hydrogen-bond acceptors (Lipinski definition) is 2. The fourth-order valence-corrected chi connectivity index (χ4v) is 3.08. The van der Waals surface area contributed by atoms with E-state index in [0.717, 1.165) is 25.7 Å². The first-order valence-corrected chi connectivity index (χ1v) is 6.67. The molecule has 1 saturated carbocycles. The molecule has 2 aliphatic rings. The predicted octanol–water partition coefficient (Wildman–Crippen LogP) is 1.30. The van der Waals surface area contributed by atoms with Gasteiger partial charge in [0, 0.05) is 18.5 Å². The maximum Gasteiger partial charge on any atom is 0.242 e. The van der Waals surface area contributed by atoms with E-state index >= 15 is 0 Å². The van der Waals surface area contributed by atoms with E-state index in [1.807, 2.05) is 11.8 Å². The lowest BCUT2D eigenvalue weighted by Gasteiger charge is -2.39. The van der Waals surface area contributed by atoms with Crippen molar-refractivity contribution in [2.45, 2.75) is 52.0 Å². The lowest BCUT2D eigenvalue weighted by molar-refractivity contribution is -0.150. The normalized spacial score (nSPS) is 28.0. The highest BCUT2D eigenvalue weighted by Gasteiger charge is 2.43. The maximum absolute atomic E-state index is 12.6. The Bertz CT molecular complexity index is 321. The third-order valence-corrected chi connectivity index (χ3v) is 4.20. The summed E-state index contributed by atoms with van der Waals surface area (Å²) in [5.41, 5.74) is -0.217. The van der Waals surface area contributed by atoms with Crippen molar-refractivity contribution in [3.05, 3.63) is 0 Å². The summed E-state index contributed by atoms with van der Waals surface area (Å²) in [5.74, 6) is 0.199. The number of nitrogens with one attached hydrogen (secondary N) is 1. The van der Waals surface area contributed by atoms with E-state index in [9.17, 15) is 9.59 Å². The van der Waals surface area contributed by atoms with Crippen LogP contribution in [0, 0.1) is 5.41 Å². The summed E-state index contributed by atoms with van der Waals surface area (Å²) in [7, 11) is 0. The quantitative estimate of drug-likeness (QED) is 0.788. The molecule has 96 valence electrons. The van der Waals surface area contributed by atoms with Crippen molar-refractivity contribution < 1.29 is 9.59 Å². The van der Waals surface area contributed by atoms with Crippen molar-refractivity contribution in [1.29, 1.82) is 0 Å². The minimum Gasteiger partial charge on any atom is -0.353 e. The highest BCUT2D eigenvalue weighted by Crippen LogP contribution is 2.39. The molecule has 0 radical (unpaired) electrons. The Hall–Kier alpha value is -1.06. The van der Waals surface area contributed by atoms with E-state index in [4.69, 9.17) is 0 Å². The van der Waals surface area contributed by atoms with Gasteiger partial charge < -0.3 is 10.2 Å². The number of carbonyl (C=O) groups excluding carboxylic acids is 2. The van der Waals surface area contributed by atoms with E-state index in [1.165, 1.54) is 0 Å². The zero-order chi connectivity index (χ0) is 12.5. The molecular weight excluding hydrogens is 216 g/mol. The molecule has 0 aromatic rings. The molecule has 1 aliphatic heterocycles. The standard InChI is InChI=1S/C13H22N2O2/c1-3-10-11(16)14-8-9-15(10)12(17)13(2)6-4-5-7-13/h10H,3-9H2,1-2H3,(H,14,16). The second-order valence-corrected chi connectivity index (χ2v) is 5.48. The summed E-state index contributed by atoms with van der Waals surface area (Å²) in [6.45, 7) is 5.28. The van der Waals surface area contributed by atoms with Crippen LogP contribution in [0.2, 0.25) is 0 Å². The molecule has 1 N–H and O–H groups in total. The third-order valence-electron chi connectivity index (χ3n) is 4.20. The van der Waals surface area contributed by atoms with E-state index < -0.39 is 0 Å². The molecule has 0 bridgehead atoms. The molecule has 0 aromatic heterocycles.